The Morgan fingerprint density at radius 2 is 1.92 bits per heavy atom. The van der Waals surface area contributed by atoms with Crippen LogP contribution in [0.4, 0.5) is 16.4 Å². The van der Waals surface area contributed by atoms with Crippen molar-refractivity contribution in [1.29, 1.82) is 0 Å². The van der Waals surface area contributed by atoms with Crippen LogP contribution in [0.25, 0.3) is 23.1 Å². The van der Waals surface area contributed by atoms with Crippen LogP contribution in [0.2, 0.25) is 0 Å². The Morgan fingerprint density at radius 1 is 1.17 bits per heavy atom. The van der Waals surface area contributed by atoms with Crippen LogP contribution < -0.4 is 9.64 Å². The summed E-state index contributed by atoms with van der Waals surface area (Å²) in [7, 11) is 1.44. The number of carbonyl (C=O) groups excluding carboxylic acids is 1. The van der Waals surface area contributed by atoms with Crippen LogP contribution in [0.1, 0.15) is 39.0 Å². The number of amides is 1. The van der Waals surface area contributed by atoms with E-state index in [1.54, 1.807) is 51.1 Å². The second kappa shape index (κ2) is 11.5. The van der Waals surface area contributed by atoms with Crippen molar-refractivity contribution in [3.63, 3.8) is 0 Å². The summed E-state index contributed by atoms with van der Waals surface area (Å²) in [6, 6.07) is 10.4. The molecule has 2 aromatic heterocycles. The number of benzene rings is 1. The molecule has 2 heterocycles. The van der Waals surface area contributed by atoms with Crippen LogP contribution in [-0.4, -0.2) is 42.0 Å². The lowest BCUT2D eigenvalue weighted by Crippen LogP contribution is -2.34. The molecule has 1 aromatic carbocycles. The molecule has 0 aliphatic rings. The van der Waals surface area contributed by atoms with Gasteiger partial charge in [0.25, 0.3) is 5.82 Å². The monoisotopic (exact) mass is 495 g/mol. The zero-order chi connectivity index (χ0) is 26.3. The maximum absolute atomic E-state index is 12.3. The summed E-state index contributed by atoms with van der Waals surface area (Å²) < 4.78 is 21.8. The first-order valence-electron chi connectivity index (χ1n) is 11.3. The highest BCUT2D eigenvalue weighted by Crippen LogP contribution is 2.26. The molecular formula is C26H29N3O7. The van der Waals surface area contributed by atoms with E-state index in [1.807, 2.05) is 25.1 Å². The van der Waals surface area contributed by atoms with E-state index >= 15 is 0 Å². The topological polar surface area (TPSA) is 117 Å². The molecule has 0 radical (unpaired) electrons. The molecule has 190 valence electrons. The lowest BCUT2D eigenvalue weighted by Gasteiger charge is -2.22. The molecule has 10 nitrogen and oxygen atoms in total. The molecule has 10 heteroatoms. The summed E-state index contributed by atoms with van der Waals surface area (Å²) in [5.74, 6) is 1.01. The minimum absolute atomic E-state index is 0.107. The fourth-order valence-electron chi connectivity index (χ4n) is 3.05. The second-order valence-electron chi connectivity index (χ2n) is 8.70. The molecule has 36 heavy (non-hydrogen) atoms. The third-order valence-electron chi connectivity index (χ3n) is 4.74. The van der Waals surface area contributed by atoms with Crippen molar-refractivity contribution < 1.29 is 28.3 Å². The summed E-state index contributed by atoms with van der Waals surface area (Å²) in [4.78, 5) is 28.4. The molecule has 0 bridgehead atoms. The number of nitro groups is 1. The normalized spacial score (nSPS) is 11.9. The molecule has 0 fully saturated rings. The van der Waals surface area contributed by atoms with Gasteiger partial charge in [0.2, 0.25) is 0 Å². The minimum Gasteiger partial charge on any atom is -0.468 e. The molecule has 0 aliphatic heterocycles. The predicted molar refractivity (Wildman–Crippen MR) is 137 cm³/mol. The summed E-state index contributed by atoms with van der Waals surface area (Å²) in [5.41, 5.74) is 0.282. The molecule has 0 saturated carbocycles. The number of hydrogen-bond donors (Lipinski definition) is 0. The van der Waals surface area contributed by atoms with Crippen LogP contribution in [0.15, 0.2) is 53.0 Å². The van der Waals surface area contributed by atoms with Gasteiger partial charge in [0, 0.05) is 25.1 Å². The Balaban J connectivity index is 1.72. The van der Waals surface area contributed by atoms with Crippen molar-refractivity contribution in [2.45, 2.75) is 33.3 Å². The fourth-order valence-corrected chi connectivity index (χ4v) is 3.05. The average molecular weight is 496 g/mol. The molecule has 1 amide bonds. The van der Waals surface area contributed by atoms with Crippen molar-refractivity contribution in [2.24, 2.45) is 0 Å². The zero-order valence-electron chi connectivity index (χ0n) is 20.9. The number of pyridine rings is 1. The summed E-state index contributed by atoms with van der Waals surface area (Å²) >= 11 is 0. The number of allylic oxidation sites excluding steroid dienone is 2. The van der Waals surface area contributed by atoms with Crippen LogP contribution >= 0.6 is 0 Å². The van der Waals surface area contributed by atoms with Crippen LogP contribution in [-0.2, 0) is 9.47 Å². The van der Waals surface area contributed by atoms with Crippen molar-refractivity contribution >= 4 is 40.9 Å². The van der Waals surface area contributed by atoms with Crippen molar-refractivity contribution in [1.82, 2.24) is 4.98 Å². The molecule has 0 unspecified atom stereocenters. The third kappa shape index (κ3) is 7.16. The number of rotatable bonds is 9. The van der Waals surface area contributed by atoms with E-state index in [4.69, 9.17) is 18.6 Å². The molecule has 0 atom stereocenters. The Hall–Kier alpha value is -4.18. The lowest BCUT2D eigenvalue weighted by atomic mass is 10.2. The van der Waals surface area contributed by atoms with E-state index in [0.29, 0.717) is 23.7 Å². The molecule has 0 N–H and O–H groups in total. The van der Waals surface area contributed by atoms with Gasteiger partial charge in [0.1, 0.15) is 22.7 Å². The number of ether oxygens (including phenoxy) is 3. The fraction of sp³-hybridized carbons (Fsp3) is 0.308. The number of anilines is 1. The third-order valence-corrected chi connectivity index (χ3v) is 4.74. The van der Waals surface area contributed by atoms with Gasteiger partial charge >= 0.3 is 11.9 Å². The zero-order valence-corrected chi connectivity index (χ0v) is 20.9. The first kappa shape index (κ1) is 26.4. The first-order valence-corrected chi connectivity index (χ1v) is 11.3. The first-order chi connectivity index (χ1) is 17.1. The number of fused-ring (bicyclic) bond motifs is 1. The van der Waals surface area contributed by atoms with Crippen molar-refractivity contribution in [3.05, 3.63) is 70.0 Å². The van der Waals surface area contributed by atoms with Gasteiger partial charge in [-0.1, -0.05) is 12.2 Å². The number of aromatic nitrogens is 1. The quantitative estimate of drug-likeness (QED) is 0.113. The molecule has 3 aromatic rings. The SMILES string of the molecule is CCOCOc1ccc2oc(/C=C/C=C/c3ccc(N(C)C(=O)OC(C)(C)C)nc3[N+](=O)[O-])cc2c1. The smallest absolute Gasteiger partial charge is 0.417 e. The summed E-state index contributed by atoms with van der Waals surface area (Å²) in [6.07, 6.45) is 5.98. The number of carbonyl (C=O) groups is 1. The lowest BCUT2D eigenvalue weighted by molar-refractivity contribution is -0.389. The Bertz CT molecular complexity index is 1290. The maximum atomic E-state index is 12.3. The second-order valence-corrected chi connectivity index (χ2v) is 8.70. The van der Waals surface area contributed by atoms with Crippen LogP contribution in [0.3, 0.4) is 0 Å². The Morgan fingerprint density at radius 3 is 2.61 bits per heavy atom. The maximum Gasteiger partial charge on any atom is 0.417 e. The van der Waals surface area contributed by atoms with E-state index in [1.165, 1.54) is 19.2 Å². The van der Waals surface area contributed by atoms with Gasteiger partial charge in [-0.15, -0.1) is 0 Å². The highest BCUT2D eigenvalue weighted by Gasteiger charge is 2.25. The van der Waals surface area contributed by atoms with Gasteiger partial charge in [-0.2, -0.15) is 0 Å². The molecule has 0 aliphatic carbocycles. The number of furan rings is 1. The highest BCUT2D eigenvalue weighted by molar-refractivity contribution is 5.86. The molecular weight excluding hydrogens is 466 g/mol. The molecule has 3 rings (SSSR count). The Kier molecular flexibility index (Phi) is 8.44. The Labute approximate surface area is 208 Å². The van der Waals surface area contributed by atoms with Gasteiger partial charge in [0.15, 0.2) is 6.79 Å². The number of hydrogen-bond acceptors (Lipinski definition) is 8. The van der Waals surface area contributed by atoms with E-state index < -0.39 is 16.6 Å². The van der Waals surface area contributed by atoms with Gasteiger partial charge in [-0.3, -0.25) is 0 Å². The van der Waals surface area contributed by atoms with E-state index in [-0.39, 0.29) is 24.0 Å². The van der Waals surface area contributed by atoms with E-state index in [0.717, 1.165) is 10.3 Å². The van der Waals surface area contributed by atoms with E-state index in [2.05, 4.69) is 4.98 Å². The van der Waals surface area contributed by atoms with E-state index in [9.17, 15) is 14.9 Å². The largest absolute Gasteiger partial charge is 0.468 e. The standard InChI is InChI=1S/C26H29N3O7/c1-6-33-17-34-20-12-13-22-19(15-20)16-21(35-22)10-8-7-9-18-11-14-23(27-24(18)29(31)32)28(5)25(30)36-26(2,3)4/h7-16H,6,17H2,1-5H3/b9-7+,10-8+. The van der Waals surface area contributed by atoms with Crippen LogP contribution in [0.5, 0.6) is 5.75 Å². The summed E-state index contributed by atoms with van der Waals surface area (Å²) in [6.45, 7) is 7.84. The predicted octanol–water partition coefficient (Wildman–Crippen LogP) is 6.21. The van der Waals surface area contributed by atoms with Gasteiger partial charge < -0.3 is 28.7 Å². The minimum atomic E-state index is -0.703. The van der Waals surface area contributed by atoms with Gasteiger partial charge in [0.05, 0.1) is 5.56 Å². The van der Waals surface area contributed by atoms with Gasteiger partial charge in [-0.25, -0.2) is 9.69 Å². The molecule has 0 saturated heterocycles. The average Bonchev–Trinajstić information content (AvgIpc) is 3.22. The molecule has 0 spiro atoms. The van der Waals surface area contributed by atoms with Crippen LogP contribution in [0, 0.1) is 10.1 Å². The van der Waals surface area contributed by atoms with Gasteiger partial charge in [-0.05, 0) is 80.1 Å². The highest BCUT2D eigenvalue weighted by atomic mass is 16.7. The summed E-state index contributed by atoms with van der Waals surface area (Å²) in [5, 5.41) is 12.5. The van der Waals surface area contributed by atoms with Crippen molar-refractivity contribution in [3.8, 4) is 5.75 Å². The van der Waals surface area contributed by atoms with Crippen molar-refractivity contribution in [2.75, 3.05) is 25.3 Å². The number of nitrogens with zero attached hydrogens (tertiary/aromatic N) is 3.